The van der Waals surface area contributed by atoms with Gasteiger partial charge < -0.3 is 9.73 Å². The predicted molar refractivity (Wildman–Crippen MR) is 72.8 cm³/mol. The van der Waals surface area contributed by atoms with Gasteiger partial charge in [-0.15, -0.1) is 0 Å². The van der Waals surface area contributed by atoms with Crippen LogP contribution in [0.15, 0.2) is 27.6 Å². The van der Waals surface area contributed by atoms with E-state index in [-0.39, 0.29) is 11.9 Å². The monoisotopic (exact) mass is 323 g/mol. The van der Waals surface area contributed by atoms with Gasteiger partial charge in [-0.2, -0.15) is 5.10 Å². The van der Waals surface area contributed by atoms with E-state index in [0.717, 1.165) is 24.8 Å². The molecule has 0 bridgehead atoms. The molecule has 2 aromatic rings. The van der Waals surface area contributed by atoms with E-state index in [2.05, 4.69) is 26.3 Å². The van der Waals surface area contributed by atoms with Gasteiger partial charge in [0.2, 0.25) is 0 Å². The van der Waals surface area contributed by atoms with Gasteiger partial charge in [0.25, 0.3) is 5.91 Å². The molecule has 3 rings (SSSR count). The second-order valence-electron chi connectivity index (χ2n) is 4.70. The Labute approximate surface area is 119 Å². The summed E-state index contributed by atoms with van der Waals surface area (Å²) in [6, 6.07) is 1.69. The molecule has 1 amide bonds. The zero-order chi connectivity index (χ0) is 13.4. The number of nitrogens with zero attached hydrogens (tertiary/aromatic N) is 2. The highest BCUT2D eigenvalue weighted by atomic mass is 79.9. The second kappa shape index (κ2) is 4.85. The Hall–Kier alpha value is -1.56. The molecule has 2 heterocycles. The van der Waals surface area contributed by atoms with Gasteiger partial charge in [0.1, 0.15) is 0 Å². The normalized spacial score (nSPS) is 18.1. The number of aryl methyl sites for hydroxylation is 1. The summed E-state index contributed by atoms with van der Waals surface area (Å²) < 4.78 is 7.44. The van der Waals surface area contributed by atoms with Crippen molar-refractivity contribution in [2.75, 3.05) is 0 Å². The van der Waals surface area contributed by atoms with Gasteiger partial charge in [-0.25, -0.2) is 0 Å². The van der Waals surface area contributed by atoms with Crippen molar-refractivity contribution in [1.82, 2.24) is 15.1 Å². The molecular weight excluding hydrogens is 310 g/mol. The highest BCUT2D eigenvalue weighted by Crippen LogP contribution is 2.29. The molecule has 5 nitrogen and oxygen atoms in total. The summed E-state index contributed by atoms with van der Waals surface area (Å²) in [5, 5.41) is 7.32. The Morgan fingerprint density at radius 1 is 1.63 bits per heavy atom. The van der Waals surface area contributed by atoms with E-state index >= 15 is 0 Å². The Bertz CT molecular complexity index is 617. The lowest BCUT2D eigenvalue weighted by Crippen LogP contribution is -2.30. The summed E-state index contributed by atoms with van der Waals surface area (Å²) in [6.45, 7) is 0. The molecule has 6 heteroatoms. The number of carbonyl (C=O) groups is 1. The van der Waals surface area contributed by atoms with Crippen molar-refractivity contribution >= 4 is 21.8 Å². The number of hydrogen-bond donors (Lipinski definition) is 1. The van der Waals surface area contributed by atoms with E-state index in [9.17, 15) is 4.79 Å². The fourth-order valence-electron chi connectivity index (χ4n) is 2.55. The number of fused-ring (bicyclic) bond motifs is 1. The lowest BCUT2D eigenvalue weighted by molar-refractivity contribution is 0.0931. The SMILES string of the molecule is Cn1ncc2c1CCCC2NC(=O)c1ccoc1Br. The average Bonchev–Trinajstić information content (AvgIpc) is 2.97. The van der Waals surface area contributed by atoms with Crippen LogP contribution in [0.3, 0.4) is 0 Å². The summed E-state index contributed by atoms with van der Waals surface area (Å²) in [7, 11) is 1.94. The van der Waals surface area contributed by atoms with Gasteiger partial charge in [-0.1, -0.05) is 0 Å². The summed E-state index contributed by atoms with van der Waals surface area (Å²) in [5.41, 5.74) is 2.86. The van der Waals surface area contributed by atoms with Gasteiger partial charge in [0, 0.05) is 18.3 Å². The first-order valence-corrected chi connectivity index (χ1v) is 7.00. The van der Waals surface area contributed by atoms with Crippen LogP contribution in [0.1, 0.15) is 40.5 Å². The Balaban J connectivity index is 1.82. The molecule has 100 valence electrons. The van der Waals surface area contributed by atoms with Crippen molar-refractivity contribution < 1.29 is 9.21 Å². The second-order valence-corrected chi connectivity index (χ2v) is 5.42. The molecule has 1 aliphatic rings. The number of furan rings is 1. The number of aromatic nitrogens is 2. The van der Waals surface area contributed by atoms with Crippen molar-refractivity contribution in [3.63, 3.8) is 0 Å². The maximum atomic E-state index is 12.2. The maximum Gasteiger partial charge on any atom is 0.256 e. The van der Waals surface area contributed by atoms with Crippen LogP contribution in [0.4, 0.5) is 0 Å². The van der Waals surface area contributed by atoms with Crippen LogP contribution in [0.2, 0.25) is 0 Å². The number of rotatable bonds is 2. The zero-order valence-electron chi connectivity index (χ0n) is 10.5. The molecule has 0 fully saturated rings. The molecule has 0 radical (unpaired) electrons. The quantitative estimate of drug-likeness (QED) is 0.924. The molecule has 1 unspecified atom stereocenters. The third-order valence-electron chi connectivity index (χ3n) is 3.54. The van der Waals surface area contributed by atoms with E-state index in [0.29, 0.717) is 10.2 Å². The molecule has 0 aliphatic heterocycles. The van der Waals surface area contributed by atoms with Gasteiger partial charge in [-0.3, -0.25) is 9.48 Å². The number of carbonyl (C=O) groups excluding carboxylic acids is 1. The van der Waals surface area contributed by atoms with E-state index in [1.165, 1.54) is 12.0 Å². The summed E-state index contributed by atoms with van der Waals surface area (Å²) in [4.78, 5) is 12.2. The van der Waals surface area contributed by atoms with Crippen molar-refractivity contribution in [2.45, 2.75) is 25.3 Å². The molecular formula is C13H14BrN3O2. The number of nitrogens with one attached hydrogen (secondary N) is 1. The standard InChI is InChI=1S/C13H14BrN3O2/c1-17-11-4-2-3-10(9(11)7-15-17)16-13(18)8-5-6-19-12(8)14/h5-7,10H,2-4H2,1H3,(H,16,18). The molecule has 0 saturated carbocycles. The highest BCUT2D eigenvalue weighted by Gasteiger charge is 2.26. The Kier molecular flexibility index (Phi) is 3.18. The van der Waals surface area contributed by atoms with Crippen LogP contribution in [-0.4, -0.2) is 15.7 Å². The topological polar surface area (TPSA) is 60.1 Å². The van der Waals surface area contributed by atoms with Crippen LogP contribution in [0.25, 0.3) is 0 Å². The molecule has 0 aromatic carbocycles. The first-order valence-electron chi connectivity index (χ1n) is 6.21. The third kappa shape index (κ3) is 2.20. The van der Waals surface area contributed by atoms with Crippen LogP contribution in [0.5, 0.6) is 0 Å². The largest absolute Gasteiger partial charge is 0.457 e. The van der Waals surface area contributed by atoms with Crippen molar-refractivity contribution in [1.29, 1.82) is 0 Å². The molecule has 2 aromatic heterocycles. The van der Waals surface area contributed by atoms with Gasteiger partial charge >= 0.3 is 0 Å². The lowest BCUT2D eigenvalue weighted by Gasteiger charge is -2.23. The zero-order valence-corrected chi connectivity index (χ0v) is 12.1. The fraction of sp³-hybridized carbons (Fsp3) is 0.385. The molecule has 19 heavy (non-hydrogen) atoms. The third-order valence-corrected chi connectivity index (χ3v) is 4.16. The van der Waals surface area contributed by atoms with Crippen molar-refractivity contribution in [3.05, 3.63) is 40.0 Å². The van der Waals surface area contributed by atoms with Gasteiger partial charge in [0.15, 0.2) is 4.67 Å². The fourth-order valence-corrected chi connectivity index (χ4v) is 2.97. The average molecular weight is 324 g/mol. The minimum atomic E-state index is -0.123. The lowest BCUT2D eigenvalue weighted by atomic mass is 9.93. The Morgan fingerprint density at radius 3 is 3.21 bits per heavy atom. The Morgan fingerprint density at radius 2 is 2.47 bits per heavy atom. The first kappa shape index (κ1) is 12.5. The van der Waals surface area contributed by atoms with Crippen LogP contribution in [-0.2, 0) is 13.5 Å². The van der Waals surface area contributed by atoms with E-state index < -0.39 is 0 Å². The minimum absolute atomic E-state index is 0.0340. The van der Waals surface area contributed by atoms with Crippen molar-refractivity contribution in [3.8, 4) is 0 Å². The summed E-state index contributed by atoms with van der Waals surface area (Å²) in [5.74, 6) is -0.123. The number of amides is 1. The van der Waals surface area contributed by atoms with Gasteiger partial charge in [-0.05, 0) is 41.3 Å². The van der Waals surface area contributed by atoms with Crippen molar-refractivity contribution in [2.24, 2.45) is 7.05 Å². The van der Waals surface area contributed by atoms with Gasteiger partial charge in [0.05, 0.1) is 24.1 Å². The summed E-state index contributed by atoms with van der Waals surface area (Å²) >= 11 is 3.22. The van der Waals surface area contributed by atoms with E-state index in [1.807, 2.05) is 17.9 Å². The molecule has 0 spiro atoms. The molecule has 1 atom stereocenters. The minimum Gasteiger partial charge on any atom is -0.457 e. The maximum absolute atomic E-state index is 12.2. The molecule has 1 aliphatic carbocycles. The molecule has 1 N–H and O–H groups in total. The predicted octanol–water partition coefficient (Wildman–Crippen LogP) is 2.58. The molecule has 0 saturated heterocycles. The van der Waals surface area contributed by atoms with E-state index in [1.54, 1.807) is 6.07 Å². The summed E-state index contributed by atoms with van der Waals surface area (Å²) in [6.07, 6.45) is 6.37. The van der Waals surface area contributed by atoms with Crippen LogP contribution < -0.4 is 5.32 Å². The van der Waals surface area contributed by atoms with Crippen LogP contribution in [0, 0.1) is 0 Å². The smallest absolute Gasteiger partial charge is 0.256 e. The first-order chi connectivity index (χ1) is 9.16. The van der Waals surface area contributed by atoms with Crippen LogP contribution >= 0.6 is 15.9 Å². The number of hydrogen-bond acceptors (Lipinski definition) is 3. The van der Waals surface area contributed by atoms with E-state index in [4.69, 9.17) is 4.42 Å². The highest BCUT2D eigenvalue weighted by molar-refractivity contribution is 9.10. The number of halogens is 1.